The summed E-state index contributed by atoms with van der Waals surface area (Å²) >= 11 is 5.78. The van der Waals surface area contributed by atoms with Gasteiger partial charge in [0, 0.05) is 36.9 Å². The lowest BCUT2D eigenvalue weighted by molar-refractivity contribution is -0.138. The molecule has 2 amide bonds. The van der Waals surface area contributed by atoms with Crippen LogP contribution in [0.5, 0.6) is 5.88 Å². The highest BCUT2D eigenvalue weighted by Crippen LogP contribution is 2.36. The Labute approximate surface area is 228 Å². The SMILES string of the molecule is CCOc1ncccc1-c1cnc(N2CCN(C(=O)c3ccc(Cl)cc3C(F)(F)F)C[C@H]2CC)c(NC=O)n1. The molecule has 0 aliphatic carbocycles. The van der Waals surface area contributed by atoms with E-state index in [-0.39, 0.29) is 36.5 Å². The van der Waals surface area contributed by atoms with Crippen LogP contribution in [0.2, 0.25) is 5.02 Å². The molecule has 2 aromatic heterocycles. The lowest BCUT2D eigenvalue weighted by atomic mass is 10.0. The fourth-order valence-electron chi connectivity index (χ4n) is 4.49. The molecule has 1 aromatic carbocycles. The van der Waals surface area contributed by atoms with E-state index in [0.717, 1.165) is 12.1 Å². The Bertz CT molecular complexity index is 1360. The minimum absolute atomic E-state index is 0.105. The fraction of sp³-hybridized carbons (Fsp3) is 0.346. The number of piperazine rings is 1. The van der Waals surface area contributed by atoms with E-state index in [1.807, 2.05) is 18.7 Å². The van der Waals surface area contributed by atoms with Crippen molar-refractivity contribution in [1.29, 1.82) is 0 Å². The number of hydrogen-bond donors (Lipinski definition) is 1. The molecular weight excluding hydrogens is 537 g/mol. The Kier molecular flexibility index (Phi) is 8.54. The third kappa shape index (κ3) is 6.06. The number of anilines is 2. The minimum Gasteiger partial charge on any atom is -0.477 e. The van der Waals surface area contributed by atoms with Crippen LogP contribution in [0.25, 0.3) is 11.3 Å². The van der Waals surface area contributed by atoms with Crippen molar-refractivity contribution in [3.05, 3.63) is 58.9 Å². The number of alkyl halides is 3. The van der Waals surface area contributed by atoms with Crippen molar-refractivity contribution in [2.45, 2.75) is 32.5 Å². The molecule has 3 heterocycles. The third-order valence-corrected chi connectivity index (χ3v) is 6.54. The van der Waals surface area contributed by atoms with Gasteiger partial charge in [-0.2, -0.15) is 13.2 Å². The van der Waals surface area contributed by atoms with Crippen LogP contribution in [-0.2, 0) is 11.0 Å². The van der Waals surface area contributed by atoms with E-state index in [2.05, 4.69) is 20.3 Å². The van der Waals surface area contributed by atoms with Gasteiger partial charge in [0.05, 0.1) is 35.2 Å². The van der Waals surface area contributed by atoms with Crippen molar-refractivity contribution in [3.8, 4) is 17.1 Å². The molecule has 0 spiro atoms. The average Bonchev–Trinajstić information content (AvgIpc) is 2.92. The van der Waals surface area contributed by atoms with Crippen molar-refractivity contribution in [2.75, 3.05) is 36.5 Å². The molecule has 1 saturated heterocycles. The van der Waals surface area contributed by atoms with E-state index < -0.39 is 23.2 Å². The van der Waals surface area contributed by atoms with Crippen LogP contribution in [0, 0.1) is 0 Å². The van der Waals surface area contributed by atoms with Gasteiger partial charge in [-0.25, -0.2) is 15.0 Å². The molecule has 0 radical (unpaired) electrons. The maximum absolute atomic E-state index is 13.6. The number of benzene rings is 1. The summed E-state index contributed by atoms with van der Waals surface area (Å²) in [6.45, 7) is 4.67. The number of pyridine rings is 1. The van der Waals surface area contributed by atoms with Crippen molar-refractivity contribution in [2.24, 2.45) is 0 Å². The van der Waals surface area contributed by atoms with Crippen LogP contribution in [-0.4, -0.2) is 64.5 Å². The average molecular weight is 563 g/mol. The smallest absolute Gasteiger partial charge is 0.417 e. The number of ether oxygens (including phenoxy) is 1. The molecule has 3 aromatic rings. The summed E-state index contributed by atoms with van der Waals surface area (Å²) in [6.07, 6.45) is -0.556. The van der Waals surface area contributed by atoms with Gasteiger partial charge in [-0.05, 0) is 43.7 Å². The number of halogens is 4. The van der Waals surface area contributed by atoms with Gasteiger partial charge in [-0.15, -0.1) is 0 Å². The Balaban J connectivity index is 1.62. The number of rotatable bonds is 8. The maximum atomic E-state index is 13.6. The molecular formula is C26H26ClF3N6O3. The first-order chi connectivity index (χ1) is 18.7. The van der Waals surface area contributed by atoms with Gasteiger partial charge in [-0.1, -0.05) is 18.5 Å². The molecule has 0 bridgehead atoms. The molecule has 1 fully saturated rings. The van der Waals surface area contributed by atoms with E-state index in [9.17, 15) is 22.8 Å². The quantitative estimate of drug-likeness (QED) is 0.389. The third-order valence-electron chi connectivity index (χ3n) is 6.31. The molecule has 4 rings (SSSR count). The lowest BCUT2D eigenvalue weighted by Gasteiger charge is -2.42. The molecule has 1 N–H and O–H groups in total. The van der Waals surface area contributed by atoms with E-state index in [0.29, 0.717) is 42.4 Å². The Hall–Kier alpha value is -3.93. The number of amides is 2. The number of hydrogen-bond acceptors (Lipinski definition) is 7. The lowest BCUT2D eigenvalue weighted by Crippen LogP contribution is -2.55. The number of carbonyl (C=O) groups excluding carboxylic acids is 2. The highest BCUT2D eigenvalue weighted by Gasteiger charge is 2.38. The monoisotopic (exact) mass is 562 g/mol. The van der Waals surface area contributed by atoms with Crippen LogP contribution in [0.4, 0.5) is 24.8 Å². The first-order valence-electron chi connectivity index (χ1n) is 12.3. The highest BCUT2D eigenvalue weighted by molar-refractivity contribution is 6.30. The molecule has 9 nitrogen and oxygen atoms in total. The van der Waals surface area contributed by atoms with E-state index >= 15 is 0 Å². The molecule has 0 unspecified atom stereocenters. The van der Waals surface area contributed by atoms with Crippen LogP contribution in [0.1, 0.15) is 36.2 Å². The van der Waals surface area contributed by atoms with Crippen LogP contribution in [0.3, 0.4) is 0 Å². The zero-order chi connectivity index (χ0) is 28.2. The molecule has 1 atom stereocenters. The molecule has 206 valence electrons. The topological polar surface area (TPSA) is 101 Å². The molecule has 0 saturated carbocycles. The Morgan fingerprint density at radius 2 is 2.03 bits per heavy atom. The van der Waals surface area contributed by atoms with E-state index in [1.165, 1.54) is 11.0 Å². The molecule has 39 heavy (non-hydrogen) atoms. The summed E-state index contributed by atoms with van der Waals surface area (Å²) in [4.78, 5) is 41.3. The van der Waals surface area contributed by atoms with Gasteiger partial charge in [0.2, 0.25) is 12.3 Å². The first-order valence-corrected chi connectivity index (χ1v) is 12.6. The summed E-state index contributed by atoms with van der Waals surface area (Å²) in [6, 6.07) is 6.34. The van der Waals surface area contributed by atoms with Crippen molar-refractivity contribution < 1.29 is 27.5 Å². The van der Waals surface area contributed by atoms with Crippen LogP contribution >= 0.6 is 11.6 Å². The molecule has 1 aliphatic rings. The second kappa shape index (κ2) is 11.9. The zero-order valence-electron chi connectivity index (χ0n) is 21.2. The van der Waals surface area contributed by atoms with Gasteiger partial charge in [0.25, 0.3) is 5.91 Å². The second-order valence-corrected chi connectivity index (χ2v) is 9.11. The number of nitrogens with zero attached hydrogens (tertiary/aromatic N) is 5. The predicted octanol–water partition coefficient (Wildman–Crippen LogP) is 4.92. The standard InChI is InChI=1S/C26H26ClF3N6O3/c1-3-17-14-35(25(38)18-8-7-16(27)12-20(18)26(28,29)30)10-11-36(17)23-22(33-15-37)34-21(13-32-23)19-6-5-9-31-24(19)39-4-2/h5-9,12-13,15,17H,3-4,10-11,14H2,1-2H3,(H,33,34,37)/t17-/m1/s1. The van der Waals surface area contributed by atoms with E-state index in [1.54, 1.807) is 24.5 Å². The number of aromatic nitrogens is 3. The van der Waals surface area contributed by atoms with Crippen LogP contribution in [0.15, 0.2) is 42.7 Å². The summed E-state index contributed by atoms with van der Waals surface area (Å²) in [5.74, 6) is 0.223. The minimum atomic E-state index is -4.73. The molecule has 1 aliphatic heterocycles. The van der Waals surface area contributed by atoms with Gasteiger partial charge in [-0.3, -0.25) is 9.59 Å². The van der Waals surface area contributed by atoms with Crippen molar-refractivity contribution in [1.82, 2.24) is 19.9 Å². The normalized spacial score (nSPS) is 15.7. The largest absolute Gasteiger partial charge is 0.477 e. The van der Waals surface area contributed by atoms with Crippen LogP contribution < -0.4 is 15.0 Å². The summed E-state index contributed by atoms with van der Waals surface area (Å²) < 4.78 is 46.5. The Morgan fingerprint density at radius 1 is 1.23 bits per heavy atom. The summed E-state index contributed by atoms with van der Waals surface area (Å²) in [5.41, 5.74) is -0.498. The van der Waals surface area contributed by atoms with Gasteiger partial charge in [0.1, 0.15) is 0 Å². The number of nitrogens with one attached hydrogen (secondary N) is 1. The van der Waals surface area contributed by atoms with Crippen molar-refractivity contribution in [3.63, 3.8) is 0 Å². The molecule has 13 heteroatoms. The number of carbonyl (C=O) groups is 2. The zero-order valence-corrected chi connectivity index (χ0v) is 22.0. The highest BCUT2D eigenvalue weighted by atomic mass is 35.5. The second-order valence-electron chi connectivity index (χ2n) is 8.67. The summed E-state index contributed by atoms with van der Waals surface area (Å²) in [5, 5.41) is 2.49. The van der Waals surface area contributed by atoms with E-state index in [4.69, 9.17) is 16.3 Å². The Morgan fingerprint density at radius 3 is 2.72 bits per heavy atom. The predicted molar refractivity (Wildman–Crippen MR) is 140 cm³/mol. The van der Waals surface area contributed by atoms with Gasteiger partial charge >= 0.3 is 6.18 Å². The van der Waals surface area contributed by atoms with Gasteiger partial charge < -0.3 is 19.9 Å². The maximum Gasteiger partial charge on any atom is 0.417 e. The summed E-state index contributed by atoms with van der Waals surface area (Å²) in [7, 11) is 0. The van der Waals surface area contributed by atoms with Gasteiger partial charge in [0.15, 0.2) is 11.6 Å². The fourth-order valence-corrected chi connectivity index (χ4v) is 4.66. The van der Waals surface area contributed by atoms with Crippen molar-refractivity contribution >= 4 is 35.6 Å². The first kappa shape index (κ1) is 28.1.